The molecule has 4 nitrogen and oxygen atoms in total. The summed E-state index contributed by atoms with van der Waals surface area (Å²) in [6.45, 7) is 0. The molecule has 0 aliphatic carbocycles. The van der Waals surface area contributed by atoms with Crippen LogP contribution in [0.25, 0.3) is 0 Å². The number of thioether (sulfide) groups is 1. The summed E-state index contributed by atoms with van der Waals surface area (Å²) in [4.78, 5) is 3.53. The number of amidine groups is 1. The summed E-state index contributed by atoms with van der Waals surface area (Å²) >= 11 is 4.22. The third-order valence-electron chi connectivity index (χ3n) is 1.61. The van der Waals surface area contributed by atoms with Gasteiger partial charge in [0, 0.05) is 10.2 Å². The average Bonchev–Trinajstić information content (AvgIpc) is 2.15. The minimum atomic E-state index is -0.320. The van der Waals surface area contributed by atoms with Crippen molar-refractivity contribution in [1.29, 1.82) is 5.41 Å². The van der Waals surface area contributed by atoms with Gasteiger partial charge in [-0.15, -0.1) is 0 Å². The Morgan fingerprint density at radius 3 is 2.75 bits per heavy atom. The predicted molar refractivity (Wildman–Crippen MR) is 68.9 cm³/mol. The number of aliphatic imine (C=N–C) groups is 1. The van der Waals surface area contributed by atoms with E-state index in [1.165, 1.54) is 6.07 Å². The molecule has 1 aromatic rings. The number of benzene rings is 1. The molecule has 0 amide bonds. The number of nitrogens with one attached hydrogen (secondary N) is 1. The molecule has 0 heterocycles. The van der Waals surface area contributed by atoms with Crippen LogP contribution in [0.3, 0.4) is 0 Å². The molecule has 86 valence electrons. The lowest BCUT2D eigenvalue weighted by molar-refractivity contribution is 0.616. The van der Waals surface area contributed by atoms with Gasteiger partial charge in [-0.05, 0) is 17.7 Å². The van der Waals surface area contributed by atoms with Gasteiger partial charge in [-0.2, -0.15) is 4.99 Å². The minimum Gasteiger partial charge on any atom is -0.370 e. The molecule has 0 fully saturated rings. The van der Waals surface area contributed by atoms with Crippen LogP contribution in [0.2, 0.25) is 0 Å². The summed E-state index contributed by atoms with van der Waals surface area (Å²) in [5.74, 6) is -0.178. The van der Waals surface area contributed by atoms with Gasteiger partial charge in [-0.25, -0.2) is 4.39 Å². The van der Waals surface area contributed by atoms with Crippen LogP contribution >= 0.6 is 27.7 Å². The number of nitrogens with two attached hydrogens (primary N) is 2. The van der Waals surface area contributed by atoms with Gasteiger partial charge in [0.2, 0.25) is 0 Å². The number of guanidine groups is 1. The molecule has 16 heavy (non-hydrogen) atoms. The van der Waals surface area contributed by atoms with Gasteiger partial charge in [0.1, 0.15) is 5.82 Å². The second-order valence-corrected chi connectivity index (χ2v) is 4.75. The fourth-order valence-corrected chi connectivity index (χ4v) is 1.96. The zero-order chi connectivity index (χ0) is 12.1. The van der Waals surface area contributed by atoms with Crippen LogP contribution in [0.5, 0.6) is 0 Å². The van der Waals surface area contributed by atoms with Crippen LogP contribution in [0.4, 0.5) is 4.39 Å². The summed E-state index contributed by atoms with van der Waals surface area (Å²) in [6.07, 6.45) is 0. The van der Waals surface area contributed by atoms with E-state index >= 15 is 0 Å². The van der Waals surface area contributed by atoms with Crippen molar-refractivity contribution in [1.82, 2.24) is 0 Å². The second kappa shape index (κ2) is 5.86. The third kappa shape index (κ3) is 4.19. The lowest BCUT2D eigenvalue weighted by Gasteiger charge is -2.02. The summed E-state index contributed by atoms with van der Waals surface area (Å²) in [6, 6.07) is 4.76. The molecule has 0 saturated carbocycles. The van der Waals surface area contributed by atoms with E-state index in [0.29, 0.717) is 15.8 Å². The van der Waals surface area contributed by atoms with E-state index in [4.69, 9.17) is 16.9 Å². The van der Waals surface area contributed by atoms with Gasteiger partial charge in [-0.1, -0.05) is 33.8 Å². The van der Waals surface area contributed by atoms with E-state index in [1.54, 1.807) is 12.1 Å². The smallest absolute Gasteiger partial charge is 0.193 e. The van der Waals surface area contributed by atoms with E-state index in [-0.39, 0.29) is 16.9 Å². The van der Waals surface area contributed by atoms with Gasteiger partial charge in [0.15, 0.2) is 11.1 Å². The highest BCUT2D eigenvalue weighted by molar-refractivity contribution is 9.10. The van der Waals surface area contributed by atoms with Crippen molar-refractivity contribution in [3.63, 3.8) is 0 Å². The molecule has 0 aliphatic heterocycles. The quantitative estimate of drug-likeness (QED) is 0.577. The maximum atomic E-state index is 13.4. The maximum absolute atomic E-state index is 13.4. The van der Waals surface area contributed by atoms with Crippen molar-refractivity contribution in [2.75, 3.05) is 0 Å². The maximum Gasteiger partial charge on any atom is 0.193 e. The number of hydrogen-bond acceptors (Lipinski definition) is 2. The van der Waals surface area contributed by atoms with E-state index in [2.05, 4.69) is 20.9 Å². The van der Waals surface area contributed by atoms with E-state index in [9.17, 15) is 4.39 Å². The third-order valence-corrected chi connectivity index (χ3v) is 2.92. The van der Waals surface area contributed by atoms with Crippen molar-refractivity contribution in [2.24, 2.45) is 16.5 Å². The van der Waals surface area contributed by atoms with Gasteiger partial charge in [0.25, 0.3) is 0 Å². The fraction of sp³-hybridized carbons (Fsp3) is 0.111. The Balaban J connectivity index is 2.62. The van der Waals surface area contributed by atoms with E-state index in [0.717, 1.165) is 11.8 Å². The molecule has 0 aromatic heterocycles. The highest BCUT2D eigenvalue weighted by Crippen LogP contribution is 2.20. The van der Waals surface area contributed by atoms with Crippen molar-refractivity contribution in [3.05, 3.63) is 34.1 Å². The predicted octanol–water partition coefficient (Wildman–Crippen LogP) is 2.03. The molecule has 0 unspecified atom stereocenters. The molecular formula is C9H10BrFN4S. The topological polar surface area (TPSA) is 88.2 Å². The van der Waals surface area contributed by atoms with E-state index < -0.39 is 0 Å². The van der Waals surface area contributed by atoms with E-state index in [1.807, 2.05) is 0 Å². The Hall–Kier alpha value is -1.08. The van der Waals surface area contributed by atoms with Gasteiger partial charge < -0.3 is 11.5 Å². The molecule has 1 aromatic carbocycles. The summed E-state index contributed by atoms with van der Waals surface area (Å²) < 4.78 is 14.0. The highest BCUT2D eigenvalue weighted by atomic mass is 79.9. The average molecular weight is 305 g/mol. The number of halogens is 2. The van der Waals surface area contributed by atoms with Crippen LogP contribution in [0, 0.1) is 11.2 Å². The SMILES string of the molecule is N=C(N=C(N)N)SCc1ccc(Br)cc1F. The lowest BCUT2D eigenvalue weighted by Crippen LogP contribution is -2.23. The molecule has 0 spiro atoms. The van der Waals surface area contributed by atoms with Crippen LogP contribution in [-0.2, 0) is 5.75 Å². The Morgan fingerprint density at radius 1 is 1.50 bits per heavy atom. The first kappa shape index (κ1) is 13.0. The van der Waals surface area contributed by atoms with Crippen molar-refractivity contribution < 1.29 is 4.39 Å². The first-order valence-electron chi connectivity index (χ1n) is 4.24. The zero-order valence-electron chi connectivity index (χ0n) is 8.21. The standard InChI is InChI=1S/C9H10BrFN4S/c10-6-2-1-5(7(11)3-6)4-16-9(14)15-8(12)13/h1-3H,4H2,(H5,12,13,14,15). The van der Waals surface area contributed by atoms with Crippen LogP contribution in [-0.4, -0.2) is 11.1 Å². The molecule has 1 rings (SSSR count). The molecule has 0 aliphatic rings. The molecule has 0 atom stereocenters. The minimum absolute atomic E-state index is 0.0395. The summed E-state index contributed by atoms with van der Waals surface area (Å²) in [5, 5.41) is 7.33. The Bertz CT molecular complexity index is 432. The normalized spacial score (nSPS) is 9.88. The lowest BCUT2D eigenvalue weighted by atomic mass is 10.2. The van der Waals surface area contributed by atoms with Crippen LogP contribution in [0.1, 0.15) is 5.56 Å². The second-order valence-electron chi connectivity index (χ2n) is 2.87. The first-order valence-corrected chi connectivity index (χ1v) is 6.02. The zero-order valence-corrected chi connectivity index (χ0v) is 10.6. The molecule has 0 radical (unpaired) electrons. The molecule has 0 bridgehead atoms. The van der Waals surface area contributed by atoms with Crippen molar-refractivity contribution in [2.45, 2.75) is 5.75 Å². The van der Waals surface area contributed by atoms with Gasteiger partial charge in [0.05, 0.1) is 0 Å². The molecule has 7 heteroatoms. The first-order chi connectivity index (χ1) is 7.49. The molecular weight excluding hydrogens is 295 g/mol. The number of nitrogens with zero attached hydrogens (tertiary/aromatic N) is 1. The Labute approximate surface area is 105 Å². The van der Waals surface area contributed by atoms with Gasteiger partial charge in [-0.3, -0.25) is 5.41 Å². The monoisotopic (exact) mass is 304 g/mol. The summed E-state index contributed by atoms with van der Waals surface area (Å²) in [5.41, 5.74) is 10.7. The van der Waals surface area contributed by atoms with Gasteiger partial charge >= 0.3 is 0 Å². The Kier molecular flexibility index (Phi) is 4.75. The Morgan fingerprint density at radius 2 is 2.19 bits per heavy atom. The molecule has 5 N–H and O–H groups in total. The molecule has 0 saturated heterocycles. The summed E-state index contributed by atoms with van der Waals surface area (Å²) in [7, 11) is 0. The van der Waals surface area contributed by atoms with Crippen molar-refractivity contribution in [3.8, 4) is 0 Å². The largest absolute Gasteiger partial charge is 0.370 e. The number of rotatable bonds is 2. The number of hydrogen-bond donors (Lipinski definition) is 3. The van der Waals surface area contributed by atoms with Crippen LogP contribution < -0.4 is 11.5 Å². The highest BCUT2D eigenvalue weighted by Gasteiger charge is 2.04. The van der Waals surface area contributed by atoms with Crippen LogP contribution in [0.15, 0.2) is 27.7 Å². The van der Waals surface area contributed by atoms with Crippen molar-refractivity contribution >= 4 is 38.8 Å². The fourth-order valence-electron chi connectivity index (χ4n) is 0.934.